The fraction of sp³-hybridized carbons (Fsp3) is 0.463. The Morgan fingerprint density at radius 1 is 0.974 bits per heavy atom. The molecular formula is C54H62BrF2N6O11PS. The summed E-state index contributed by atoms with van der Waals surface area (Å²) in [4.78, 5) is 116. The van der Waals surface area contributed by atoms with Crippen molar-refractivity contribution in [3.05, 3.63) is 98.3 Å². The first-order valence-corrected chi connectivity index (χ1v) is 28.4. The van der Waals surface area contributed by atoms with Crippen LogP contribution < -0.4 is 20.9 Å². The summed E-state index contributed by atoms with van der Waals surface area (Å²) in [6, 6.07) is 13.9. The van der Waals surface area contributed by atoms with Crippen LogP contribution >= 0.6 is 34.9 Å². The zero-order chi connectivity index (χ0) is 55.1. The molecule has 1 unspecified atom stereocenters. The molecule has 0 bridgehead atoms. The maximum atomic E-state index is 14.7. The minimum Gasteiger partial charge on any atom is -0.366 e. The van der Waals surface area contributed by atoms with Crippen LogP contribution in [0.1, 0.15) is 128 Å². The molecule has 7 amide bonds. The van der Waals surface area contributed by atoms with Crippen LogP contribution in [0, 0.1) is 17.3 Å². The number of likely N-dealkylation sites (tertiary alicyclic amines) is 1. The number of imide groups is 1. The van der Waals surface area contributed by atoms with E-state index in [-0.39, 0.29) is 60.5 Å². The van der Waals surface area contributed by atoms with E-state index in [0.717, 1.165) is 84.0 Å². The number of alkyl halides is 2. The van der Waals surface area contributed by atoms with Crippen LogP contribution in [0.25, 0.3) is 10.1 Å². The van der Waals surface area contributed by atoms with Gasteiger partial charge in [0.25, 0.3) is 11.8 Å². The molecule has 0 radical (unpaired) electrons. The van der Waals surface area contributed by atoms with Crippen molar-refractivity contribution in [2.45, 2.75) is 128 Å². The molecule has 0 aliphatic carbocycles. The van der Waals surface area contributed by atoms with Crippen molar-refractivity contribution in [2.75, 3.05) is 31.6 Å². The highest BCUT2D eigenvalue weighted by Gasteiger charge is 2.51. The van der Waals surface area contributed by atoms with Crippen LogP contribution in [0.4, 0.5) is 14.5 Å². The van der Waals surface area contributed by atoms with Crippen molar-refractivity contribution in [2.24, 2.45) is 5.41 Å². The zero-order valence-electron chi connectivity index (χ0n) is 42.7. The number of carbonyl (C=O) groups is 7. The minimum absolute atomic E-state index is 0.0535. The number of fused-ring (bicyclic) bond motifs is 2. The molecule has 5 N–H and O–H groups in total. The number of amides is 7. The molecule has 3 aromatic carbocycles. The van der Waals surface area contributed by atoms with E-state index >= 15 is 0 Å². The number of benzene rings is 3. The maximum Gasteiger partial charge on any atom is 0.399 e. The van der Waals surface area contributed by atoms with Crippen LogP contribution in [0.3, 0.4) is 0 Å². The fourth-order valence-electron chi connectivity index (χ4n) is 9.49. The lowest BCUT2D eigenvalue weighted by Gasteiger charge is -2.36. The van der Waals surface area contributed by atoms with Gasteiger partial charge in [-0.25, -0.2) is 0 Å². The lowest BCUT2D eigenvalue weighted by molar-refractivity contribution is -0.141. The zero-order valence-corrected chi connectivity index (χ0v) is 46.0. The Labute approximate surface area is 452 Å². The molecule has 22 heteroatoms. The number of likely N-dealkylation sites (N-methyl/N-ethyl adjacent to an activating group) is 1. The molecule has 2 saturated heterocycles. The Morgan fingerprint density at radius 3 is 2.36 bits per heavy atom. The Bertz CT molecular complexity index is 2990. The molecule has 0 spiro atoms. The van der Waals surface area contributed by atoms with Gasteiger partial charge in [-0.15, -0.1) is 11.3 Å². The molecule has 3 aliphatic heterocycles. The molecule has 76 heavy (non-hydrogen) atoms. The molecular weight excluding hydrogens is 1090 g/mol. The van der Waals surface area contributed by atoms with Crippen molar-refractivity contribution in [3.8, 4) is 11.8 Å². The molecule has 3 aliphatic rings. The van der Waals surface area contributed by atoms with Crippen molar-refractivity contribution in [1.29, 1.82) is 0 Å². The third-order valence-electron chi connectivity index (χ3n) is 13.8. The molecule has 17 nitrogen and oxygen atoms in total. The van der Waals surface area contributed by atoms with Gasteiger partial charge in [0.05, 0.1) is 11.0 Å². The summed E-state index contributed by atoms with van der Waals surface area (Å²) in [7, 11) is -4.26. The van der Waals surface area contributed by atoms with Crippen LogP contribution in [-0.2, 0) is 45.5 Å². The van der Waals surface area contributed by atoms with E-state index in [9.17, 15) is 56.7 Å². The Balaban J connectivity index is 0.864. The molecule has 7 rings (SSSR count). The van der Waals surface area contributed by atoms with Gasteiger partial charge in [0.15, 0.2) is 0 Å². The van der Waals surface area contributed by atoms with E-state index in [1.807, 2.05) is 6.07 Å². The molecule has 2 fully saturated rings. The summed E-state index contributed by atoms with van der Waals surface area (Å²) >= 11 is 4.35. The van der Waals surface area contributed by atoms with Gasteiger partial charge in [-0.1, -0.05) is 92.8 Å². The van der Waals surface area contributed by atoms with Crippen molar-refractivity contribution in [1.82, 2.24) is 25.8 Å². The third kappa shape index (κ3) is 13.8. The van der Waals surface area contributed by atoms with Crippen molar-refractivity contribution in [3.63, 3.8) is 0 Å². The third-order valence-corrected chi connectivity index (χ3v) is 16.4. The quantitative estimate of drug-likeness (QED) is 0.0249. The highest BCUT2D eigenvalue weighted by Crippen LogP contribution is 2.59. The summed E-state index contributed by atoms with van der Waals surface area (Å²) in [6.07, 6.45) is 7.23. The summed E-state index contributed by atoms with van der Waals surface area (Å²) in [5, 5.41) is 8.16. The number of anilines is 1. The average Bonchev–Trinajstić information content (AvgIpc) is 4.10. The summed E-state index contributed by atoms with van der Waals surface area (Å²) < 4.78 is 47.8. The van der Waals surface area contributed by atoms with Gasteiger partial charge in [0.2, 0.25) is 29.5 Å². The SMILES string of the molecule is CN(C(=O)[C@@H]1C[C@@H](OCC(=O)NCCCCCCCCCC#Cc2cccc3c2CN(C2CCC(=O)NC2=O)C3=O)CN1C(=O)[C@@H](NC(=O)c1cc2cc(C(F)(F)P(=O)(O)O)ccc2s1)C(C)(C)C)c1ccc(Br)cc1. The van der Waals surface area contributed by atoms with Gasteiger partial charge in [-0.05, 0) is 90.2 Å². The van der Waals surface area contributed by atoms with Crippen LogP contribution in [0.15, 0.2) is 71.2 Å². The first-order valence-electron chi connectivity index (χ1n) is 25.2. The number of thiophene rings is 1. The second-order valence-electron chi connectivity index (χ2n) is 20.4. The highest BCUT2D eigenvalue weighted by atomic mass is 79.9. The first-order chi connectivity index (χ1) is 35.9. The number of rotatable bonds is 20. The van der Waals surface area contributed by atoms with E-state index in [0.29, 0.717) is 35.3 Å². The molecule has 4 heterocycles. The number of hydrogen-bond acceptors (Lipinski definition) is 10. The smallest absolute Gasteiger partial charge is 0.366 e. The Kier molecular flexibility index (Phi) is 18.7. The van der Waals surface area contributed by atoms with Crippen molar-refractivity contribution >= 4 is 92.0 Å². The van der Waals surface area contributed by atoms with Crippen LogP contribution in [0.5, 0.6) is 0 Å². The number of unbranched alkanes of at least 4 members (excludes halogenated alkanes) is 7. The lowest BCUT2D eigenvalue weighted by Crippen LogP contribution is -2.57. The number of nitrogens with one attached hydrogen (secondary N) is 3. The molecule has 406 valence electrons. The second-order valence-corrected chi connectivity index (χ2v) is 24.0. The predicted octanol–water partition coefficient (Wildman–Crippen LogP) is 7.73. The van der Waals surface area contributed by atoms with Crippen LogP contribution in [0.2, 0.25) is 0 Å². The summed E-state index contributed by atoms with van der Waals surface area (Å²) in [6.45, 7) is 5.57. The summed E-state index contributed by atoms with van der Waals surface area (Å²) in [5.74, 6) is 3.41. The number of carbonyl (C=O) groups excluding carboxylic acids is 7. The largest absolute Gasteiger partial charge is 0.399 e. The normalized spacial score (nSPS) is 18.2. The highest BCUT2D eigenvalue weighted by molar-refractivity contribution is 9.10. The van der Waals surface area contributed by atoms with E-state index < -0.39 is 72.1 Å². The summed E-state index contributed by atoms with van der Waals surface area (Å²) in [5.41, 5.74) is -3.60. The number of ether oxygens (including phenoxy) is 1. The van der Waals surface area contributed by atoms with E-state index in [4.69, 9.17) is 4.74 Å². The molecule has 4 aromatic rings. The first kappa shape index (κ1) is 57.8. The monoisotopic (exact) mass is 1150 g/mol. The van der Waals surface area contributed by atoms with E-state index in [1.165, 1.54) is 26.8 Å². The van der Waals surface area contributed by atoms with Crippen molar-refractivity contribution < 1.29 is 61.4 Å². The maximum absolute atomic E-state index is 14.7. The Hall–Kier alpha value is -5.88. The molecule has 4 atom stereocenters. The van der Waals surface area contributed by atoms with Gasteiger partial charge in [0.1, 0.15) is 24.7 Å². The standard InChI is InChI=1S/C54H62BrF2N6O11PS/c1-53(2,3)47(60-49(67)44-28-34-27-35(18-24-43(34)76-44)54(56,57)75(71,72)73)52(70)62-30-38(29-42(62)51(69)61(4)37-21-19-36(55)20-22-37)74-32-46(65)58-26-13-11-9-7-5-6-8-10-12-15-33-16-14-17-39-40(33)31-63(50(39)68)41-23-25-45(64)59-48(41)66/h14,16-22,24,27-28,38,41-42,47H,5-11,13,23,25-26,29-32H2,1-4H3,(H,58,65)(H,60,67)(H,59,64,66)(H2,71,72,73)/t38-,41?,42+,47-/m1/s1. The lowest BCUT2D eigenvalue weighted by atomic mass is 9.85. The van der Waals surface area contributed by atoms with E-state index in [2.05, 4.69) is 43.7 Å². The van der Waals surface area contributed by atoms with Gasteiger partial charge in [-0.3, -0.25) is 43.4 Å². The number of halogens is 3. The van der Waals surface area contributed by atoms with Gasteiger partial charge < -0.3 is 39.9 Å². The van der Waals surface area contributed by atoms with Gasteiger partial charge >= 0.3 is 13.3 Å². The minimum atomic E-state index is -5.84. The second kappa shape index (κ2) is 24.6. The average molecular weight is 1150 g/mol. The fourth-order valence-corrected chi connectivity index (χ4v) is 11.2. The number of nitrogens with zero attached hydrogens (tertiary/aromatic N) is 3. The predicted molar refractivity (Wildman–Crippen MR) is 285 cm³/mol. The topological polar surface area (TPSA) is 232 Å². The molecule has 1 aromatic heterocycles. The Morgan fingerprint density at radius 2 is 1.67 bits per heavy atom. The van der Waals surface area contributed by atoms with Crippen LogP contribution in [-0.4, -0.2) is 112 Å². The van der Waals surface area contributed by atoms with Gasteiger partial charge in [-0.2, -0.15) is 8.78 Å². The van der Waals surface area contributed by atoms with E-state index in [1.54, 1.807) is 64.2 Å². The number of piperidine rings is 1. The van der Waals surface area contributed by atoms with Gasteiger partial charge in [0, 0.05) is 77.5 Å². The molecule has 0 saturated carbocycles. The number of hydrogen-bond donors (Lipinski definition) is 5.